The van der Waals surface area contributed by atoms with Gasteiger partial charge in [-0.15, -0.1) is 0 Å². The summed E-state index contributed by atoms with van der Waals surface area (Å²) in [6.45, 7) is 2.99. The van der Waals surface area contributed by atoms with Crippen molar-refractivity contribution < 1.29 is 17.9 Å². The molecule has 0 aromatic heterocycles. The molecule has 0 bridgehead atoms. The van der Waals surface area contributed by atoms with Crippen molar-refractivity contribution >= 4 is 0 Å². The van der Waals surface area contributed by atoms with E-state index < -0.39 is 6.18 Å². The van der Waals surface area contributed by atoms with Crippen LogP contribution in [0.4, 0.5) is 13.2 Å². The molecule has 0 unspecified atom stereocenters. The van der Waals surface area contributed by atoms with Crippen LogP contribution in [-0.4, -0.2) is 43.9 Å². The molecule has 0 N–H and O–H groups in total. The van der Waals surface area contributed by atoms with E-state index in [2.05, 4.69) is 0 Å². The van der Waals surface area contributed by atoms with E-state index in [9.17, 15) is 13.2 Å². The van der Waals surface area contributed by atoms with Gasteiger partial charge < -0.3 is 4.74 Å². The van der Waals surface area contributed by atoms with Crippen LogP contribution in [0.2, 0.25) is 0 Å². The van der Waals surface area contributed by atoms with Crippen molar-refractivity contribution in [1.29, 1.82) is 0 Å². The van der Waals surface area contributed by atoms with E-state index in [4.69, 9.17) is 4.74 Å². The number of hydrogen-bond acceptors (Lipinski definition) is 2. The summed E-state index contributed by atoms with van der Waals surface area (Å²) in [4.78, 5) is 1.92. The van der Waals surface area contributed by atoms with Gasteiger partial charge in [-0.25, -0.2) is 0 Å². The van der Waals surface area contributed by atoms with Gasteiger partial charge in [-0.3, -0.25) is 4.90 Å². The van der Waals surface area contributed by atoms with Gasteiger partial charge in [-0.05, 0) is 0 Å². The Morgan fingerprint density at radius 1 is 1.23 bits per heavy atom. The first-order valence-corrected chi connectivity index (χ1v) is 4.12. The van der Waals surface area contributed by atoms with Gasteiger partial charge in [0, 0.05) is 25.7 Å². The lowest BCUT2D eigenvalue weighted by Gasteiger charge is -2.25. The topological polar surface area (TPSA) is 12.5 Å². The van der Waals surface area contributed by atoms with Crippen molar-refractivity contribution in [3.8, 4) is 0 Å². The lowest BCUT2D eigenvalue weighted by molar-refractivity contribution is -0.0801. The third-order valence-corrected chi connectivity index (χ3v) is 1.77. The maximum atomic E-state index is 11.7. The molecule has 0 atom stereocenters. The molecule has 0 radical (unpaired) electrons. The van der Waals surface area contributed by atoms with Crippen LogP contribution in [0.3, 0.4) is 0 Å². The van der Waals surface area contributed by atoms with Gasteiger partial charge in [0.25, 0.3) is 0 Å². The van der Waals surface area contributed by atoms with Crippen LogP contribution in [0.25, 0.3) is 0 Å². The first-order valence-electron chi connectivity index (χ1n) is 4.12. The zero-order valence-electron chi connectivity index (χ0n) is 7.18. The molecule has 0 aromatic carbocycles. The first-order chi connectivity index (χ1) is 6.08. The van der Waals surface area contributed by atoms with Gasteiger partial charge in [-0.2, -0.15) is 13.2 Å². The molecule has 1 rings (SSSR count). The number of allylic oxidation sites excluding steroid dienone is 1. The third kappa shape index (κ3) is 4.90. The molecule has 2 nitrogen and oxygen atoms in total. The van der Waals surface area contributed by atoms with Crippen LogP contribution in [-0.2, 0) is 4.74 Å². The Morgan fingerprint density at radius 2 is 1.85 bits per heavy atom. The molecule has 13 heavy (non-hydrogen) atoms. The highest BCUT2D eigenvalue weighted by atomic mass is 19.4. The van der Waals surface area contributed by atoms with Gasteiger partial charge in [0.15, 0.2) is 0 Å². The number of ether oxygens (including phenoxy) is 1. The van der Waals surface area contributed by atoms with Crippen molar-refractivity contribution in [1.82, 2.24) is 4.90 Å². The monoisotopic (exact) mass is 195 g/mol. The minimum atomic E-state index is -4.19. The fourth-order valence-corrected chi connectivity index (χ4v) is 1.12. The Morgan fingerprint density at radius 3 is 2.38 bits per heavy atom. The second kappa shape index (κ2) is 4.62. The summed E-state index contributed by atoms with van der Waals surface area (Å²) < 4.78 is 40.1. The molecule has 0 spiro atoms. The minimum absolute atomic E-state index is 0.280. The molecular weight excluding hydrogens is 183 g/mol. The Kier molecular flexibility index (Phi) is 3.74. The molecule has 0 saturated carbocycles. The first kappa shape index (κ1) is 10.5. The Bertz CT molecular complexity index is 173. The largest absolute Gasteiger partial charge is 0.409 e. The third-order valence-electron chi connectivity index (χ3n) is 1.77. The van der Waals surface area contributed by atoms with Crippen molar-refractivity contribution in [3.05, 3.63) is 12.2 Å². The number of nitrogens with zero attached hydrogens (tertiary/aromatic N) is 1. The Labute approximate surface area is 75.0 Å². The summed E-state index contributed by atoms with van der Waals surface area (Å²) in [6, 6.07) is 0. The lowest BCUT2D eigenvalue weighted by Crippen LogP contribution is -2.36. The van der Waals surface area contributed by atoms with Crippen LogP contribution in [0.15, 0.2) is 12.2 Å². The quantitative estimate of drug-likeness (QED) is 0.618. The van der Waals surface area contributed by atoms with Gasteiger partial charge in [0.1, 0.15) is 0 Å². The molecular formula is C8H12F3NO. The molecule has 0 aromatic rings. The van der Waals surface area contributed by atoms with Gasteiger partial charge in [-0.1, -0.05) is 6.08 Å². The van der Waals surface area contributed by atoms with Crippen LogP contribution in [0.5, 0.6) is 0 Å². The fraction of sp³-hybridized carbons (Fsp3) is 0.750. The van der Waals surface area contributed by atoms with Crippen molar-refractivity contribution in [3.63, 3.8) is 0 Å². The van der Waals surface area contributed by atoms with E-state index in [-0.39, 0.29) is 6.08 Å². The van der Waals surface area contributed by atoms with Gasteiger partial charge in [0.2, 0.25) is 0 Å². The SMILES string of the molecule is FC(F)(F)/C=C/CN1CCOCC1. The molecule has 1 saturated heterocycles. The standard InChI is InChI=1S/C8H12F3NO/c9-8(10,11)2-1-3-12-4-6-13-7-5-12/h1-2H,3-7H2/b2-1+. The van der Waals surface area contributed by atoms with E-state index >= 15 is 0 Å². The molecule has 0 aliphatic carbocycles. The van der Waals surface area contributed by atoms with Crippen molar-refractivity contribution in [2.75, 3.05) is 32.8 Å². The number of rotatable bonds is 2. The average Bonchev–Trinajstić information content (AvgIpc) is 2.04. The van der Waals surface area contributed by atoms with Crippen LogP contribution < -0.4 is 0 Å². The highest BCUT2D eigenvalue weighted by Gasteiger charge is 2.21. The summed E-state index contributed by atoms with van der Waals surface area (Å²) in [5.74, 6) is 0. The molecule has 1 aliphatic heterocycles. The number of morpholine rings is 1. The van der Waals surface area contributed by atoms with Crippen molar-refractivity contribution in [2.24, 2.45) is 0 Å². The molecule has 5 heteroatoms. The maximum absolute atomic E-state index is 11.7. The van der Waals surface area contributed by atoms with Gasteiger partial charge >= 0.3 is 6.18 Å². The molecule has 76 valence electrons. The Hall–Kier alpha value is -0.550. The van der Waals surface area contributed by atoms with Crippen LogP contribution in [0, 0.1) is 0 Å². The number of alkyl halides is 3. The number of hydrogen-bond donors (Lipinski definition) is 0. The van der Waals surface area contributed by atoms with Crippen LogP contribution in [0.1, 0.15) is 0 Å². The summed E-state index contributed by atoms with van der Waals surface area (Å²) in [7, 11) is 0. The zero-order valence-corrected chi connectivity index (χ0v) is 7.18. The van der Waals surface area contributed by atoms with E-state index in [0.29, 0.717) is 32.8 Å². The summed E-state index contributed by atoms with van der Waals surface area (Å²) in [5.41, 5.74) is 0. The molecule has 0 amide bonds. The summed E-state index contributed by atoms with van der Waals surface area (Å²) in [5, 5.41) is 0. The Balaban J connectivity index is 2.21. The summed E-state index contributed by atoms with van der Waals surface area (Å²) in [6.07, 6.45) is -2.76. The van der Waals surface area contributed by atoms with E-state index in [1.54, 1.807) is 0 Å². The lowest BCUT2D eigenvalue weighted by atomic mass is 10.4. The smallest absolute Gasteiger partial charge is 0.379 e. The van der Waals surface area contributed by atoms with E-state index in [0.717, 1.165) is 6.08 Å². The fourth-order valence-electron chi connectivity index (χ4n) is 1.12. The highest BCUT2D eigenvalue weighted by molar-refractivity contribution is 4.91. The highest BCUT2D eigenvalue weighted by Crippen LogP contribution is 2.15. The number of halogens is 3. The average molecular weight is 195 g/mol. The van der Waals surface area contributed by atoms with E-state index in [1.165, 1.54) is 0 Å². The van der Waals surface area contributed by atoms with Gasteiger partial charge in [0.05, 0.1) is 13.2 Å². The predicted molar refractivity (Wildman–Crippen MR) is 42.5 cm³/mol. The second-order valence-corrected chi connectivity index (χ2v) is 2.86. The van der Waals surface area contributed by atoms with Crippen LogP contribution >= 0.6 is 0 Å². The minimum Gasteiger partial charge on any atom is -0.379 e. The second-order valence-electron chi connectivity index (χ2n) is 2.86. The van der Waals surface area contributed by atoms with Crippen molar-refractivity contribution in [2.45, 2.75) is 6.18 Å². The molecule has 1 fully saturated rings. The summed E-state index contributed by atoms with van der Waals surface area (Å²) >= 11 is 0. The maximum Gasteiger partial charge on any atom is 0.409 e. The predicted octanol–water partition coefficient (Wildman–Crippen LogP) is 1.44. The molecule has 1 heterocycles. The normalized spacial score (nSPS) is 21.2. The van der Waals surface area contributed by atoms with E-state index in [1.807, 2.05) is 4.90 Å². The molecule has 1 aliphatic rings. The zero-order chi connectivity index (χ0) is 9.73.